The van der Waals surface area contributed by atoms with Gasteiger partial charge in [0.05, 0.1) is 11.6 Å². The number of amides is 1. The fraction of sp³-hybridized carbons (Fsp3) is 0.462. The normalized spacial score (nSPS) is 22.0. The first-order chi connectivity index (χ1) is 8.44. The maximum atomic E-state index is 11.3. The molecule has 98 valence electrons. The van der Waals surface area contributed by atoms with Crippen molar-refractivity contribution in [3.05, 3.63) is 28.2 Å². The molecule has 2 rings (SSSR count). The van der Waals surface area contributed by atoms with Gasteiger partial charge in [-0.15, -0.1) is 0 Å². The van der Waals surface area contributed by atoms with Crippen molar-refractivity contribution in [1.29, 1.82) is 0 Å². The van der Waals surface area contributed by atoms with Gasteiger partial charge >= 0.3 is 6.09 Å². The van der Waals surface area contributed by atoms with Crippen LogP contribution in [0.3, 0.4) is 0 Å². The minimum atomic E-state index is -0.517. The molecule has 1 atom stereocenters. The number of carbonyl (C=O) groups excluding carboxylic acids is 1. The lowest BCUT2D eigenvalue weighted by atomic mass is 9.83. The number of benzene rings is 1. The van der Waals surface area contributed by atoms with Crippen molar-refractivity contribution in [2.24, 2.45) is 0 Å². The third kappa shape index (κ3) is 2.46. The zero-order valence-corrected chi connectivity index (χ0v) is 12.2. The van der Waals surface area contributed by atoms with Crippen molar-refractivity contribution < 1.29 is 14.3 Å². The van der Waals surface area contributed by atoms with Crippen LogP contribution in [0.25, 0.3) is 0 Å². The van der Waals surface area contributed by atoms with Gasteiger partial charge in [-0.05, 0) is 47.5 Å². The zero-order valence-electron chi connectivity index (χ0n) is 10.6. The number of ether oxygens (including phenoxy) is 2. The molecule has 0 saturated carbocycles. The highest BCUT2D eigenvalue weighted by Gasteiger charge is 2.38. The lowest BCUT2D eigenvalue weighted by molar-refractivity contribution is -0.00195. The number of cyclic esters (lactones) is 1. The van der Waals surface area contributed by atoms with E-state index in [2.05, 4.69) is 21.2 Å². The highest BCUT2D eigenvalue weighted by molar-refractivity contribution is 9.10. The van der Waals surface area contributed by atoms with Gasteiger partial charge in [-0.25, -0.2) is 4.79 Å². The van der Waals surface area contributed by atoms with Crippen molar-refractivity contribution in [1.82, 2.24) is 5.32 Å². The highest BCUT2D eigenvalue weighted by Crippen LogP contribution is 2.36. The summed E-state index contributed by atoms with van der Waals surface area (Å²) in [4.78, 5) is 11.3. The van der Waals surface area contributed by atoms with E-state index in [0.717, 1.165) is 15.8 Å². The molecule has 1 N–H and O–H groups in total. The third-order valence-electron chi connectivity index (χ3n) is 3.22. The minimum Gasteiger partial charge on any atom is -0.496 e. The number of hydrogen-bond acceptors (Lipinski definition) is 3. The first-order valence-electron chi connectivity index (χ1n) is 5.74. The fourth-order valence-corrected chi connectivity index (χ4v) is 2.75. The summed E-state index contributed by atoms with van der Waals surface area (Å²) in [5.41, 5.74) is 0.587. The second-order valence-electron chi connectivity index (χ2n) is 4.82. The molecule has 1 aromatic rings. The SMILES string of the molecule is COc1ccc(C2CNC(=O)OC2(C)C)cc1Br. The van der Waals surface area contributed by atoms with Crippen molar-refractivity contribution in [2.75, 3.05) is 13.7 Å². The summed E-state index contributed by atoms with van der Waals surface area (Å²) in [6, 6.07) is 5.91. The maximum absolute atomic E-state index is 11.3. The molecule has 1 unspecified atom stereocenters. The van der Waals surface area contributed by atoms with Crippen LogP contribution in [-0.4, -0.2) is 25.3 Å². The van der Waals surface area contributed by atoms with Gasteiger partial charge in [0.15, 0.2) is 0 Å². The van der Waals surface area contributed by atoms with Gasteiger partial charge in [-0.2, -0.15) is 0 Å². The number of methoxy groups -OCH3 is 1. The Labute approximate surface area is 115 Å². The zero-order chi connectivity index (χ0) is 13.3. The maximum Gasteiger partial charge on any atom is 0.407 e. The molecule has 0 spiro atoms. The second-order valence-corrected chi connectivity index (χ2v) is 5.67. The van der Waals surface area contributed by atoms with E-state index in [1.165, 1.54) is 0 Å². The van der Waals surface area contributed by atoms with Crippen LogP contribution < -0.4 is 10.1 Å². The monoisotopic (exact) mass is 313 g/mol. The third-order valence-corrected chi connectivity index (χ3v) is 3.84. The van der Waals surface area contributed by atoms with Crippen LogP contribution >= 0.6 is 15.9 Å². The molecular formula is C13H16BrNO3. The summed E-state index contributed by atoms with van der Waals surface area (Å²) in [7, 11) is 1.63. The highest BCUT2D eigenvalue weighted by atomic mass is 79.9. The van der Waals surface area contributed by atoms with Gasteiger partial charge in [0.2, 0.25) is 0 Å². The van der Waals surface area contributed by atoms with E-state index < -0.39 is 5.60 Å². The van der Waals surface area contributed by atoms with Crippen LogP contribution in [0.4, 0.5) is 4.79 Å². The Balaban J connectivity index is 2.31. The first-order valence-corrected chi connectivity index (χ1v) is 6.53. The van der Waals surface area contributed by atoms with Gasteiger partial charge in [0, 0.05) is 12.5 Å². The standard InChI is InChI=1S/C13H16BrNO3/c1-13(2)9(7-15-12(16)18-13)8-4-5-11(17-3)10(14)6-8/h4-6,9H,7H2,1-3H3,(H,15,16). The molecule has 1 aliphatic rings. The summed E-state index contributed by atoms with van der Waals surface area (Å²) in [6.07, 6.45) is -0.358. The summed E-state index contributed by atoms with van der Waals surface area (Å²) in [5, 5.41) is 2.73. The van der Waals surface area contributed by atoms with E-state index in [4.69, 9.17) is 9.47 Å². The van der Waals surface area contributed by atoms with Crippen LogP contribution in [0.15, 0.2) is 22.7 Å². The predicted octanol–water partition coefficient (Wildman–Crippen LogP) is 3.06. The van der Waals surface area contributed by atoms with Gasteiger partial charge in [-0.3, -0.25) is 0 Å². The molecule has 5 heteroatoms. The molecule has 1 amide bonds. The summed E-state index contributed by atoms with van der Waals surface area (Å²) < 4.78 is 11.4. The topological polar surface area (TPSA) is 47.6 Å². The molecule has 1 aliphatic heterocycles. The van der Waals surface area contributed by atoms with E-state index in [1.54, 1.807) is 7.11 Å². The molecule has 0 radical (unpaired) electrons. The second kappa shape index (κ2) is 4.80. The smallest absolute Gasteiger partial charge is 0.407 e. The van der Waals surface area contributed by atoms with Crippen molar-refractivity contribution in [2.45, 2.75) is 25.4 Å². The number of nitrogens with one attached hydrogen (secondary N) is 1. The number of rotatable bonds is 2. The van der Waals surface area contributed by atoms with Crippen molar-refractivity contribution >= 4 is 22.0 Å². The molecule has 0 bridgehead atoms. The summed E-state index contributed by atoms with van der Waals surface area (Å²) in [6.45, 7) is 4.42. The lowest BCUT2D eigenvalue weighted by Crippen LogP contribution is -2.49. The van der Waals surface area contributed by atoms with Gasteiger partial charge in [0.25, 0.3) is 0 Å². The van der Waals surface area contributed by atoms with E-state index in [1.807, 2.05) is 32.0 Å². The minimum absolute atomic E-state index is 0.109. The van der Waals surface area contributed by atoms with E-state index >= 15 is 0 Å². The number of hydrogen-bond donors (Lipinski definition) is 1. The average molecular weight is 314 g/mol. The molecule has 1 fully saturated rings. The lowest BCUT2D eigenvalue weighted by Gasteiger charge is -2.38. The Kier molecular flexibility index (Phi) is 3.52. The van der Waals surface area contributed by atoms with E-state index in [0.29, 0.717) is 6.54 Å². The Bertz CT molecular complexity index is 473. The van der Waals surface area contributed by atoms with Gasteiger partial charge < -0.3 is 14.8 Å². The molecule has 0 aliphatic carbocycles. The molecule has 18 heavy (non-hydrogen) atoms. The molecule has 1 saturated heterocycles. The van der Waals surface area contributed by atoms with Crippen LogP contribution in [-0.2, 0) is 4.74 Å². The number of alkyl carbamates (subject to hydrolysis) is 1. The van der Waals surface area contributed by atoms with Gasteiger partial charge in [-0.1, -0.05) is 6.07 Å². The Morgan fingerprint density at radius 1 is 1.50 bits per heavy atom. The number of carbonyl (C=O) groups is 1. The first kappa shape index (κ1) is 13.2. The van der Waals surface area contributed by atoms with Crippen molar-refractivity contribution in [3.8, 4) is 5.75 Å². The predicted molar refractivity (Wildman–Crippen MR) is 72.0 cm³/mol. The molecule has 0 aromatic heterocycles. The van der Waals surface area contributed by atoms with Gasteiger partial charge in [0.1, 0.15) is 11.4 Å². The van der Waals surface area contributed by atoms with E-state index in [-0.39, 0.29) is 12.0 Å². The van der Waals surface area contributed by atoms with E-state index in [9.17, 15) is 4.79 Å². The fourth-order valence-electron chi connectivity index (χ4n) is 2.20. The molecular weight excluding hydrogens is 298 g/mol. The summed E-state index contributed by atoms with van der Waals surface area (Å²) in [5.74, 6) is 0.898. The van der Waals surface area contributed by atoms with Crippen LogP contribution in [0.5, 0.6) is 5.75 Å². The largest absolute Gasteiger partial charge is 0.496 e. The van der Waals surface area contributed by atoms with Crippen LogP contribution in [0.2, 0.25) is 0 Å². The molecule has 4 nitrogen and oxygen atoms in total. The van der Waals surface area contributed by atoms with Crippen LogP contribution in [0.1, 0.15) is 25.3 Å². The van der Waals surface area contributed by atoms with Crippen molar-refractivity contribution in [3.63, 3.8) is 0 Å². The quantitative estimate of drug-likeness (QED) is 0.912. The Hall–Kier alpha value is -1.23. The molecule has 1 aromatic carbocycles. The average Bonchev–Trinajstić information content (AvgIpc) is 2.27. The summed E-state index contributed by atoms with van der Waals surface area (Å²) >= 11 is 3.47. The number of halogens is 1. The molecule has 1 heterocycles. The Morgan fingerprint density at radius 3 is 2.78 bits per heavy atom. The van der Waals surface area contributed by atoms with Crippen LogP contribution in [0, 0.1) is 0 Å². The Morgan fingerprint density at radius 2 is 2.22 bits per heavy atom.